The Morgan fingerprint density at radius 2 is 0.818 bits per heavy atom. The second-order valence-electron chi connectivity index (χ2n) is 17.1. The van der Waals surface area contributed by atoms with Crippen LogP contribution in [0.1, 0.15) is 175 Å². The molecule has 2 N–H and O–H groups in total. The number of hydrogen-bond acceptors (Lipinski definition) is 4. The number of hydrogen-bond donors (Lipinski definition) is 2. The molecule has 0 fully saturated rings. The van der Waals surface area contributed by atoms with Gasteiger partial charge < -0.3 is 20.4 Å². The van der Waals surface area contributed by atoms with E-state index in [2.05, 4.69) is 41.5 Å². The molecule has 6 nitrogen and oxygen atoms in total. The molecule has 0 unspecified atom stereocenters. The first-order chi connectivity index (χ1) is 25.2. The number of aromatic carboxylic acids is 2. The fourth-order valence-corrected chi connectivity index (χ4v) is 7.23. The van der Waals surface area contributed by atoms with Gasteiger partial charge in [-0.25, -0.2) is 9.59 Å². The maximum Gasteiger partial charge on any atom is 2.00 e. The Morgan fingerprint density at radius 3 is 1.09 bits per heavy atom. The van der Waals surface area contributed by atoms with Gasteiger partial charge in [-0.2, -0.15) is 0 Å². The minimum atomic E-state index is -1.16. The third kappa shape index (κ3) is 11.5. The smallest absolute Gasteiger partial charge is 0.872 e. The summed E-state index contributed by atoms with van der Waals surface area (Å²) in [4.78, 5) is 23.6. The Morgan fingerprint density at radius 1 is 0.509 bits per heavy atom. The van der Waals surface area contributed by atoms with Crippen molar-refractivity contribution in [3.8, 4) is 11.5 Å². The average molecular weight is 800 g/mol. The predicted molar refractivity (Wildman–Crippen MR) is 217 cm³/mol. The van der Waals surface area contributed by atoms with E-state index < -0.39 is 22.8 Å². The fraction of sp³-hybridized carbons (Fsp3) is 0.458. The van der Waals surface area contributed by atoms with Crippen LogP contribution in [0.3, 0.4) is 0 Å². The van der Waals surface area contributed by atoms with E-state index in [4.69, 9.17) is 0 Å². The summed E-state index contributed by atoms with van der Waals surface area (Å²) < 4.78 is 0. The van der Waals surface area contributed by atoms with E-state index in [0.717, 1.165) is 73.6 Å². The van der Waals surface area contributed by atoms with E-state index in [9.17, 15) is 30.0 Å². The Kier molecular flexibility index (Phi) is 17.0. The molecule has 292 valence electrons. The largest absolute Gasteiger partial charge is 2.00 e. The summed E-state index contributed by atoms with van der Waals surface area (Å²) in [5.41, 5.74) is 3.17. The van der Waals surface area contributed by atoms with Gasteiger partial charge in [0, 0.05) is 10.8 Å². The van der Waals surface area contributed by atoms with Gasteiger partial charge in [0.05, 0.1) is 11.1 Å². The van der Waals surface area contributed by atoms with E-state index in [-0.39, 0.29) is 52.9 Å². The quantitative estimate of drug-likeness (QED) is 0.0860. The Labute approximate surface area is 343 Å². The molecule has 0 radical (unpaired) electrons. The molecule has 0 aliphatic carbocycles. The van der Waals surface area contributed by atoms with Gasteiger partial charge in [-0.1, -0.05) is 192 Å². The van der Waals surface area contributed by atoms with Crippen molar-refractivity contribution in [1.82, 2.24) is 0 Å². The van der Waals surface area contributed by atoms with Crippen molar-refractivity contribution in [2.45, 2.75) is 142 Å². The van der Waals surface area contributed by atoms with Crippen molar-refractivity contribution in [3.63, 3.8) is 0 Å². The van der Waals surface area contributed by atoms with Crippen LogP contribution in [-0.2, 0) is 41.1 Å². The summed E-state index contributed by atoms with van der Waals surface area (Å²) in [7, 11) is 0. The second kappa shape index (κ2) is 19.8. The first-order valence-electron chi connectivity index (χ1n) is 19.5. The maximum atomic E-state index is 13.0. The molecule has 55 heavy (non-hydrogen) atoms. The molecule has 0 heterocycles. The average Bonchev–Trinajstić information content (AvgIpc) is 3.12. The Hall–Kier alpha value is -3.96. The first kappa shape index (κ1) is 47.2. The van der Waals surface area contributed by atoms with Gasteiger partial charge in [0.15, 0.2) is 0 Å². The second-order valence-corrected chi connectivity index (χ2v) is 17.1. The van der Waals surface area contributed by atoms with Crippen LogP contribution in [0.5, 0.6) is 11.5 Å². The van der Waals surface area contributed by atoms with Crippen molar-refractivity contribution < 1.29 is 49.5 Å². The topological polar surface area (TPSA) is 121 Å². The normalized spacial score (nSPS) is 12.0. The van der Waals surface area contributed by atoms with Crippen LogP contribution in [0.4, 0.5) is 0 Å². The Bertz CT molecular complexity index is 1720. The van der Waals surface area contributed by atoms with Crippen molar-refractivity contribution >= 4 is 11.9 Å². The molecule has 0 bridgehead atoms. The zero-order chi connectivity index (χ0) is 40.5. The van der Waals surface area contributed by atoms with Crippen LogP contribution in [-0.4, -0.2) is 22.2 Å². The third-order valence-electron chi connectivity index (χ3n) is 11.3. The number of unbranched alkanes of at least 4 members (excludes halogenated alkanes) is 4. The van der Waals surface area contributed by atoms with Crippen molar-refractivity contribution in [1.29, 1.82) is 0 Å². The molecular formula is C48H62O6Zn. The molecule has 0 aromatic heterocycles. The number of carboxylic acids is 2. The molecule has 0 aliphatic heterocycles. The zero-order valence-electron chi connectivity index (χ0n) is 35.0. The van der Waals surface area contributed by atoms with E-state index in [1.807, 2.05) is 100 Å². The van der Waals surface area contributed by atoms with Gasteiger partial charge in [-0.05, 0) is 69.2 Å². The predicted octanol–water partition coefficient (Wildman–Crippen LogP) is 11.3. The first-order valence-corrected chi connectivity index (χ1v) is 19.5. The van der Waals surface area contributed by atoms with Crippen LogP contribution in [0.2, 0.25) is 0 Å². The van der Waals surface area contributed by atoms with Gasteiger partial charge >= 0.3 is 31.4 Å². The van der Waals surface area contributed by atoms with Gasteiger partial charge in [0.2, 0.25) is 0 Å². The number of carbonyl (C=O) groups is 2. The van der Waals surface area contributed by atoms with E-state index in [0.29, 0.717) is 11.1 Å². The SMILES string of the molecule is CCCCCC(C)(C)c1cc(C(=O)O)c([O-])c(C(C)(C)c2ccccc2)c1.CCCCCC(C)(C)c1cc(C(=O)O)c([O-])c(C(C)(C)c2ccccc2)c1.[Zn+2]. The Balaban J connectivity index is 0.000000373. The molecular weight excluding hydrogens is 738 g/mol. The summed E-state index contributed by atoms with van der Waals surface area (Å²) in [6, 6.07) is 26.6. The molecule has 0 atom stereocenters. The minimum Gasteiger partial charge on any atom is -0.872 e. The van der Waals surface area contributed by atoms with Gasteiger partial charge in [0.1, 0.15) is 0 Å². The number of carboxylic acid groups (broad SMARTS) is 2. The molecule has 4 aromatic rings. The van der Waals surface area contributed by atoms with E-state index in [1.165, 1.54) is 0 Å². The van der Waals surface area contributed by atoms with Crippen LogP contribution in [0, 0.1) is 0 Å². The minimum absolute atomic E-state index is 0. The molecule has 0 amide bonds. The standard InChI is InChI=1S/2C24H32O3.Zn/c2*1-6-7-11-14-23(2,3)18-15-19(22(26)27)21(25)20(16-18)24(4,5)17-12-9-8-10-13-17;/h2*8-10,12-13,15-16,25H,6-7,11,14H2,1-5H3,(H,26,27);/q;;+2/p-2. The van der Waals surface area contributed by atoms with Gasteiger partial charge in [0.25, 0.3) is 0 Å². The zero-order valence-corrected chi connectivity index (χ0v) is 37.9. The third-order valence-corrected chi connectivity index (χ3v) is 11.3. The fourth-order valence-electron chi connectivity index (χ4n) is 7.23. The van der Waals surface area contributed by atoms with Crippen LogP contribution in [0.25, 0.3) is 0 Å². The molecule has 0 aliphatic rings. The summed E-state index contributed by atoms with van der Waals surface area (Å²) in [6.45, 7) is 20.8. The molecule has 4 rings (SSSR count). The molecule has 0 saturated heterocycles. The van der Waals surface area contributed by atoms with Crippen molar-refractivity contribution in [2.75, 3.05) is 0 Å². The molecule has 0 spiro atoms. The van der Waals surface area contributed by atoms with Crippen LogP contribution >= 0.6 is 0 Å². The number of rotatable bonds is 16. The monoisotopic (exact) mass is 798 g/mol. The van der Waals surface area contributed by atoms with Crippen LogP contribution in [0.15, 0.2) is 84.9 Å². The summed E-state index contributed by atoms with van der Waals surface area (Å²) >= 11 is 0. The molecule has 7 heteroatoms. The molecule has 4 aromatic carbocycles. The maximum absolute atomic E-state index is 13.0. The van der Waals surface area contributed by atoms with E-state index in [1.54, 1.807) is 12.1 Å². The summed E-state index contributed by atoms with van der Waals surface area (Å²) in [6.07, 6.45) is 8.68. The van der Waals surface area contributed by atoms with Gasteiger partial charge in [-0.15, -0.1) is 0 Å². The molecule has 0 saturated carbocycles. The van der Waals surface area contributed by atoms with E-state index >= 15 is 0 Å². The van der Waals surface area contributed by atoms with Crippen LogP contribution < -0.4 is 10.2 Å². The van der Waals surface area contributed by atoms with Crippen molar-refractivity contribution in [2.24, 2.45) is 0 Å². The summed E-state index contributed by atoms with van der Waals surface area (Å²) in [5.74, 6) is -3.08. The van der Waals surface area contributed by atoms with Crippen molar-refractivity contribution in [3.05, 3.63) is 129 Å². The van der Waals surface area contributed by atoms with Gasteiger partial charge in [-0.3, -0.25) is 0 Å². The number of benzene rings is 4. The summed E-state index contributed by atoms with van der Waals surface area (Å²) in [5, 5.41) is 45.2.